The van der Waals surface area contributed by atoms with E-state index in [1.165, 1.54) is 11.1 Å². The van der Waals surface area contributed by atoms with Gasteiger partial charge < -0.3 is 9.47 Å². The van der Waals surface area contributed by atoms with Gasteiger partial charge in [-0.2, -0.15) is 0 Å². The lowest BCUT2D eigenvalue weighted by atomic mass is 10.1. The second-order valence-corrected chi connectivity index (χ2v) is 5.66. The number of rotatable bonds is 1. The Hall–Kier alpha value is -2.55. The summed E-state index contributed by atoms with van der Waals surface area (Å²) < 4.78 is 2.09. The number of benzene rings is 2. The van der Waals surface area contributed by atoms with Crippen molar-refractivity contribution in [1.82, 2.24) is 4.57 Å². The number of hydrogen-bond acceptors (Lipinski definition) is 1. The fourth-order valence-corrected chi connectivity index (χ4v) is 3.13. The molecule has 1 aromatic heterocycles. The van der Waals surface area contributed by atoms with Crippen LogP contribution in [0.1, 0.15) is 21.5 Å². The summed E-state index contributed by atoms with van der Waals surface area (Å²) in [6.07, 6.45) is 2.04. The molecule has 2 heterocycles. The number of carbonyl (C=O) groups excluding carboxylic acids is 1. The van der Waals surface area contributed by atoms with Gasteiger partial charge in [0.15, 0.2) is 0 Å². The summed E-state index contributed by atoms with van der Waals surface area (Å²) in [5, 5.41) is 1.16. The fraction of sp³-hybridized carbons (Fsp3) is 0.167. The number of aromatic nitrogens is 1. The van der Waals surface area contributed by atoms with E-state index in [0.29, 0.717) is 6.54 Å². The molecule has 21 heavy (non-hydrogen) atoms. The number of hydrogen-bond donors (Lipinski definition) is 0. The molecule has 3 heteroatoms. The predicted molar refractivity (Wildman–Crippen MR) is 84.6 cm³/mol. The molecule has 0 saturated carbocycles. The first kappa shape index (κ1) is 12.2. The van der Waals surface area contributed by atoms with Crippen molar-refractivity contribution in [3.8, 4) is 0 Å². The van der Waals surface area contributed by atoms with E-state index in [0.717, 1.165) is 22.2 Å². The zero-order valence-electron chi connectivity index (χ0n) is 12.1. The van der Waals surface area contributed by atoms with Crippen LogP contribution < -0.4 is 4.90 Å². The summed E-state index contributed by atoms with van der Waals surface area (Å²) in [5.74, 6) is 0.101. The molecule has 0 bridgehead atoms. The van der Waals surface area contributed by atoms with Gasteiger partial charge in [-0.05, 0) is 48.4 Å². The zero-order chi connectivity index (χ0) is 14.6. The first-order valence-corrected chi connectivity index (χ1v) is 7.10. The molecule has 0 radical (unpaired) electrons. The van der Waals surface area contributed by atoms with Crippen LogP contribution in [-0.2, 0) is 13.6 Å². The van der Waals surface area contributed by atoms with Crippen molar-refractivity contribution in [3.05, 3.63) is 65.4 Å². The van der Waals surface area contributed by atoms with Crippen LogP contribution in [0, 0.1) is 6.92 Å². The van der Waals surface area contributed by atoms with Crippen LogP contribution in [-0.4, -0.2) is 10.5 Å². The van der Waals surface area contributed by atoms with E-state index in [1.54, 1.807) is 0 Å². The van der Waals surface area contributed by atoms with Crippen LogP contribution in [0.2, 0.25) is 0 Å². The Bertz CT molecular complexity index is 876. The molecule has 0 spiro atoms. The Morgan fingerprint density at radius 3 is 2.76 bits per heavy atom. The first-order chi connectivity index (χ1) is 10.1. The SMILES string of the molecule is Cc1cccc2c1CN(c1ccc3c(ccn3C)c1)C2=O. The first-order valence-electron chi connectivity index (χ1n) is 7.10. The van der Waals surface area contributed by atoms with Crippen molar-refractivity contribution in [2.45, 2.75) is 13.5 Å². The van der Waals surface area contributed by atoms with E-state index in [1.807, 2.05) is 36.3 Å². The molecular weight excluding hydrogens is 260 g/mol. The van der Waals surface area contributed by atoms with E-state index in [2.05, 4.69) is 35.8 Å². The third-order valence-electron chi connectivity index (χ3n) is 4.38. The predicted octanol–water partition coefficient (Wildman–Crippen LogP) is 3.65. The van der Waals surface area contributed by atoms with Gasteiger partial charge in [0.25, 0.3) is 5.91 Å². The normalized spacial score (nSPS) is 14.0. The number of anilines is 1. The highest BCUT2D eigenvalue weighted by molar-refractivity contribution is 6.10. The second kappa shape index (κ2) is 4.22. The van der Waals surface area contributed by atoms with Crippen LogP contribution in [0.3, 0.4) is 0 Å². The summed E-state index contributed by atoms with van der Waals surface area (Å²) in [6.45, 7) is 2.73. The average molecular weight is 276 g/mol. The number of aryl methyl sites for hydroxylation is 2. The van der Waals surface area contributed by atoms with E-state index < -0.39 is 0 Å². The van der Waals surface area contributed by atoms with Crippen LogP contribution in [0.5, 0.6) is 0 Å². The minimum Gasteiger partial charge on any atom is -0.351 e. The van der Waals surface area contributed by atoms with Crippen molar-refractivity contribution < 1.29 is 4.79 Å². The lowest BCUT2D eigenvalue weighted by Crippen LogP contribution is -2.22. The lowest BCUT2D eigenvalue weighted by Gasteiger charge is -2.16. The van der Waals surface area contributed by atoms with Gasteiger partial charge >= 0.3 is 0 Å². The molecule has 1 aliphatic rings. The molecule has 2 aromatic carbocycles. The summed E-state index contributed by atoms with van der Waals surface area (Å²) in [6, 6.07) is 14.2. The van der Waals surface area contributed by atoms with Gasteiger partial charge in [0.1, 0.15) is 0 Å². The van der Waals surface area contributed by atoms with Crippen LogP contribution >= 0.6 is 0 Å². The highest BCUT2D eigenvalue weighted by Gasteiger charge is 2.29. The molecule has 0 fully saturated rings. The van der Waals surface area contributed by atoms with Gasteiger partial charge in [-0.25, -0.2) is 0 Å². The maximum Gasteiger partial charge on any atom is 0.258 e. The summed E-state index contributed by atoms with van der Waals surface area (Å²) in [4.78, 5) is 14.5. The van der Waals surface area contributed by atoms with Gasteiger partial charge in [0.2, 0.25) is 0 Å². The maximum atomic E-state index is 12.6. The van der Waals surface area contributed by atoms with Gasteiger partial charge in [-0.15, -0.1) is 0 Å². The van der Waals surface area contributed by atoms with Crippen LogP contribution in [0.15, 0.2) is 48.7 Å². The largest absolute Gasteiger partial charge is 0.351 e. The van der Waals surface area contributed by atoms with Crippen molar-refractivity contribution in [2.24, 2.45) is 7.05 Å². The van der Waals surface area contributed by atoms with Gasteiger partial charge in [-0.3, -0.25) is 4.79 Å². The molecule has 4 rings (SSSR count). The minimum atomic E-state index is 0.101. The van der Waals surface area contributed by atoms with Crippen molar-refractivity contribution >= 4 is 22.5 Å². The molecule has 104 valence electrons. The minimum absolute atomic E-state index is 0.101. The molecule has 0 saturated heterocycles. The number of nitrogens with zero attached hydrogens (tertiary/aromatic N) is 2. The third-order valence-corrected chi connectivity index (χ3v) is 4.38. The molecular formula is C18H16N2O. The summed E-state index contributed by atoms with van der Waals surface area (Å²) >= 11 is 0. The second-order valence-electron chi connectivity index (χ2n) is 5.66. The molecule has 0 unspecified atom stereocenters. The highest BCUT2D eigenvalue weighted by atomic mass is 16.2. The molecule has 3 aromatic rings. The Kier molecular flexibility index (Phi) is 2.45. The molecule has 0 atom stereocenters. The summed E-state index contributed by atoms with van der Waals surface area (Å²) in [5.41, 5.74) is 5.32. The Morgan fingerprint density at radius 2 is 1.95 bits per heavy atom. The van der Waals surface area contributed by atoms with Crippen LogP contribution in [0.4, 0.5) is 5.69 Å². The lowest BCUT2D eigenvalue weighted by molar-refractivity contribution is 0.0996. The molecule has 0 N–H and O–H groups in total. The quantitative estimate of drug-likeness (QED) is 0.666. The Labute approximate surface area is 123 Å². The average Bonchev–Trinajstić information content (AvgIpc) is 3.02. The molecule has 0 aliphatic carbocycles. The van der Waals surface area contributed by atoms with E-state index in [4.69, 9.17) is 0 Å². The van der Waals surface area contributed by atoms with Crippen molar-refractivity contribution in [3.63, 3.8) is 0 Å². The number of fused-ring (bicyclic) bond motifs is 2. The van der Waals surface area contributed by atoms with Crippen LogP contribution in [0.25, 0.3) is 10.9 Å². The highest BCUT2D eigenvalue weighted by Crippen LogP contribution is 2.31. The third kappa shape index (κ3) is 1.70. The van der Waals surface area contributed by atoms with E-state index >= 15 is 0 Å². The van der Waals surface area contributed by atoms with Crippen molar-refractivity contribution in [1.29, 1.82) is 0 Å². The van der Waals surface area contributed by atoms with Crippen molar-refractivity contribution in [2.75, 3.05) is 4.90 Å². The Balaban J connectivity index is 1.80. The van der Waals surface area contributed by atoms with E-state index in [9.17, 15) is 4.79 Å². The molecule has 1 aliphatic heterocycles. The zero-order valence-corrected chi connectivity index (χ0v) is 12.1. The van der Waals surface area contributed by atoms with Gasteiger partial charge in [0, 0.05) is 35.4 Å². The molecule has 3 nitrogen and oxygen atoms in total. The fourth-order valence-electron chi connectivity index (χ4n) is 3.13. The standard InChI is InChI=1S/C18H16N2O/c1-12-4-3-5-15-16(12)11-20(18(15)21)14-6-7-17-13(10-14)8-9-19(17)2/h3-10H,11H2,1-2H3. The number of carbonyl (C=O) groups is 1. The monoisotopic (exact) mass is 276 g/mol. The summed E-state index contributed by atoms with van der Waals surface area (Å²) in [7, 11) is 2.03. The maximum absolute atomic E-state index is 12.6. The van der Waals surface area contributed by atoms with E-state index in [-0.39, 0.29) is 5.91 Å². The Morgan fingerprint density at radius 1 is 1.10 bits per heavy atom. The van der Waals surface area contributed by atoms with Gasteiger partial charge in [0.05, 0.1) is 6.54 Å². The van der Waals surface area contributed by atoms with Gasteiger partial charge in [-0.1, -0.05) is 12.1 Å². The smallest absolute Gasteiger partial charge is 0.258 e. The number of amides is 1. The molecule has 1 amide bonds. The topological polar surface area (TPSA) is 25.2 Å².